The van der Waals surface area contributed by atoms with Gasteiger partial charge >= 0.3 is 0 Å². The fourth-order valence-electron chi connectivity index (χ4n) is 5.08. The molecule has 0 fully saturated rings. The van der Waals surface area contributed by atoms with Crippen LogP contribution in [0.3, 0.4) is 0 Å². The van der Waals surface area contributed by atoms with Crippen molar-refractivity contribution < 1.29 is 4.74 Å². The quantitative estimate of drug-likeness (QED) is 0.104. The largest absolute Gasteiger partial charge is 0.376 e. The second-order valence-electron chi connectivity index (χ2n) is 11.1. The Morgan fingerprint density at radius 2 is 0.545 bits per heavy atom. The van der Waals surface area contributed by atoms with Crippen LogP contribution in [0.2, 0.25) is 0 Å². The van der Waals surface area contributed by atoms with Crippen LogP contribution in [-0.4, -0.2) is 12.2 Å². The van der Waals surface area contributed by atoms with Crippen molar-refractivity contribution in [2.24, 2.45) is 0 Å². The molecule has 1 heteroatoms. The summed E-state index contributed by atoms with van der Waals surface area (Å²) in [6.45, 7) is 9.18. The molecule has 200 valence electrons. The molecular formula is C32H66O. The van der Waals surface area contributed by atoms with Crippen molar-refractivity contribution in [3.05, 3.63) is 0 Å². The zero-order valence-corrected chi connectivity index (χ0v) is 23.9. The number of hydrogen-bond donors (Lipinski definition) is 0. The predicted octanol–water partition coefficient (Wildman–Crippen LogP) is 12.0. The highest BCUT2D eigenvalue weighted by molar-refractivity contribution is 4.58. The molecule has 0 rings (SSSR count). The highest BCUT2D eigenvalue weighted by Crippen LogP contribution is 2.17. The molecule has 0 radical (unpaired) electrons. The molecule has 0 saturated heterocycles. The highest BCUT2D eigenvalue weighted by Gasteiger charge is 2.08. The van der Waals surface area contributed by atoms with E-state index in [1.807, 2.05) is 0 Å². The SMILES string of the molecule is CCCCCCCCCCCCCCC(C)OC(C)CCCCCCCCCCCCCC. The molecular weight excluding hydrogens is 400 g/mol. The second-order valence-corrected chi connectivity index (χ2v) is 11.1. The lowest BCUT2D eigenvalue weighted by molar-refractivity contribution is -0.00232. The van der Waals surface area contributed by atoms with Crippen LogP contribution < -0.4 is 0 Å². The zero-order valence-electron chi connectivity index (χ0n) is 23.9. The van der Waals surface area contributed by atoms with E-state index in [4.69, 9.17) is 4.74 Å². The normalized spacial score (nSPS) is 13.5. The molecule has 0 aliphatic heterocycles. The number of rotatable bonds is 28. The summed E-state index contributed by atoms with van der Waals surface area (Å²) in [5, 5.41) is 0. The maximum Gasteiger partial charge on any atom is 0.0550 e. The molecule has 33 heavy (non-hydrogen) atoms. The minimum atomic E-state index is 0.445. The van der Waals surface area contributed by atoms with Crippen molar-refractivity contribution in [2.45, 2.75) is 207 Å². The molecule has 0 spiro atoms. The van der Waals surface area contributed by atoms with Gasteiger partial charge < -0.3 is 4.74 Å². The number of ether oxygens (including phenoxy) is 1. The van der Waals surface area contributed by atoms with Crippen LogP contribution in [0.15, 0.2) is 0 Å². The summed E-state index contributed by atoms with van der Waals surface area (Å²) < 4.78 is 6.25. The van der Waals surface area contributed by atoms with E-state index in [1.54, 1.807) is 0 Å². The first-order chi connectivity index (χ1) is 16.2. The Morgan fingerprint density at radius 1 is 0.333 bits per heavy atom. The van der Waals surface area contributed by atoms with Crippen molar-refractivity contribution in [2.75, 3.05) is 0 Å². The summed E-state index contributed by atoms with van der Waals surface area (Å²) in [5.41, 5.74) is 0. The van der Waals surface area contributed by atoms with E-state index in [-0.39, 0.29) is 0 Å². The average molecular weight is 467 g/mol. The van der Waals surface area contributed by atoms with Gasteiger partial charge in [-0.2, -0.15) is 0 Å². The first kappa shape index (κ1) is 33.0. The van der Waals surface area contributed by atoms with Crippen molar-refractivity contribution in [1.82, 2.24) is 0 Å². The summed E-state index contributed by atoms with van der Waals surface area (Å²) in [4.78, 5) is 0. The zero-order chi connectivity index (χ0) is 24.2. The van der Waals surface area contributed by atoms with E-state index in [2.05, 4.69) is 27.7 Å². The molecule has 0 aliphatic carbocycles. The summed E-state index contributed by atoms with van der Waals surface area (Å²) in [6, 6.07) is 0. The third kappa shape index (κ3) is 28.1. The lowest BCUT2D eigenvalue weighted by Crippen LogP contribution is -2.17. The lowest BCUT2D eigenvalue weighted by Gasteiger charge is -2.19. The summed E-state index contributed by atoms with van der Waals surface area (Å²) >= 11 is 0. The predicted molar refractivity (Wildman–Crippen MR) is 151 cm³/mol. The van der Waals surface area contributed by atoms with Gasteiger partial charge in [0.05, 0.1) is 12.2 Å². The summed E-state index contributed by atoms with van der Waals surface area (Å²) in [7, 11) is 0. The van der Waals surface area contributed by atoms with Crippen molar-refractivity contribution >= 4 is 0 Å². The number of hydrogen-bond acceptors (Lipinski definition) is 1. The van der Waals surface area contributed by atoms with E-state index in [9.17, 15) is 0 Å². The van der Waals surface area contributed by atoms with Crippen molar-refractivity contribution in [1.29, 1.82) is 0 Å². The van der Waals surface area contributed by atoms with Gasteiger partial charge in [0.2, 0.25) is 0 Å². The van der Waals surface area contributed by atoms with E-state index in [1.165, 1.54) is 167 Å². The van der Waals surface area contributed by atoms with Crippen molar-refractivity contribution in [3.8, 4) is 0 Å². The Morgan fingerprint density at radius 3 is 0.788 bits per heavy atom. The number of unbranched alkanes of at least 4 members (excludes halogenated alkanes) is 22. The van der Waals surface area contributed by atoms with Gasteiger partial charge in [-0.1, -0.05) is 168 Å². The van der Waals surface area contributed by atoms with Crippen LogP contribution in [0.5, 0.6) is 0 Å². The Labute approximate surface area is 211 Å². The first-order valence-electron chi connectivity index (χ1n) is 15.9. The van der Waals surface area contributed by atoms with Gasteiger partial charge in [-0.25, -0.2) is 0 Å². The Hall–Kier alpha value is -0.0400. The Kier molecular flexibility index (Phi) is 28.2. The van der Waals surface area contributed by atoms with E-state index in [0.29, 0.717) is 12.2 Å². The second kappa shape index (κ2) is 28.2. The molecule has 2 atom stereocenters. The van der Waals surface area contributed by atoms with Crippen LogP contribution in [-0.2, 0) is 4.74 Å². The maximum absolute atomic E-state index is 6.25. The van der Waals surface area contributed by atoms with Gasteiger partial charge in [-0.15, -0.1) is 0 Å². The molecule has 0 N–H and O–H groups in total. The summed E-state index contributed by atoms with van der Waals surface area (Å²) in [5.74, 6) is 0. The van der Waals surface area contributed by atoms with Crippen LogP contribution in [0.1, 0.15) is 195 Å². The standard InChI is InChI=1S/C32H66O/c1-5-7-9-11-13-15-17-19-21-23-25-27-29-31(3)33-32(4)30-28-26-24-22-20-18-16-14-12-10-8-6-2/h31-32H,5-30H2,1-4H3. The van der Waals surface area contributed by atoms with Crippen LogP contribution in [0.25, 0.3) is 0 Å². The molecule has 0 aromatic heterocycles. The van der Waals surface area contributed by atoms with E-state index >= 15 is 0 Å². The van der Waals surface area contributed by atoms with Gasteiger partial charge in [0.1, 0.15) is 0 Å². The first-order valence-corrected chi connectivity index (χ1v) is 15.9. The monoisotopic (exact) mass is 467 g/mol. The van der Waals surface area contributed by atoms with Gasteiger partial charge in [0, 0.05) is 0 Å². The van der Waals surface area contributed by atoms with E-state index in [0.717, 1.165) is 0 Å². The maximum atomic E-state index is 6.25. The molecule has 0 bridgehead atoms. The minimum Gasteiger partial charge on any atom is -0.376 e. The molecule has 0 amide bonds. The lowest BCUT2D eigenvalue weighted by atomic mass is 10.0. The fourth-order valence-corrected chi connectivity index (χ4v) is 5.08. The van der Waals surface area contributed by atoms with E-state index < -0.39 is 0 Å². The fraction of sp³-hybridized carbons (Fsp3) is 1.00. The topological polar surface area (TPSA) is 9.23 Å². The molecule has 0 heterocycles. The molecule has 2 unspecified atom stereocenters. The van der Waals surface area contributed by atoms with Crippen LogP contribution in [0, 0.1) is 0 Å². The summed E-state index contributed by atoms with van der Waals surface area (Å²) in [6.07, 6.45) is 37.7. The highest BCUT2D eigenvalue weighted by atomic mass is 16.5. The van der Waals surface area contributed by atoms with Gasteiger partial charge in [-0.05, 0) is 26.7 Å². The van der Waals surface area contributed by atoms with Crippen LogP contribution >= 0.6 is 0 Å². The minimum absolute atomic E-state index is 0.445. The average Bonchev–Trinajstić information content (AvgIpc) is 2.80. The Balaban J connectivity index is 3.28. The van der Waals surface area contributed by atoms with Crippen LogP contribution in [0.4, 0.5) is 0 Å². The van der Waals surface area contributed by atoms with Crippen molar-refractivity contribution in [3.63, 3.8) is 0 Å². The third-order valence-electron chi connectivity index (χ3n) is 7.39. The van der Waals surface area contributed by atoms with Gasteiger partial charge in [-0.3, -0.25) is 0 Å². The third-order valence-corrected chi connectivity index (χ3v) is 7.39. The molecule has 1 nitrogen and oxygen atoms in total. The molecule has 0 saturated carbocycles. The molecule has 0 aliphatic rings. The van der Waals surface area contributed by atoms with Gasteiger partial charge in [0.25, 0.3) is 0 Å². The Bertz CT molecular complexity index is 307. The smallest absolute Gasteiger partial charge is 0.0550 e. The molecule has 0 aromatic carbocycles. The van der Waals surface area contributed by atoms with Gasteiger partial charge in [0.15, 0.2) is 0 Å². The molecule has 0 aromatic rings.